The Morgan fingerprint density at radius 1 is 1.04 bits per heavy atom. The molecule has 0 aliphatic rings. The Bertz CT molecular complexity index is 856. The molecule has 0 aliphatic carbocycles. The van der Waals surface area contributed by atoms with E-state index in [0.29, 0.717) is 11.1 Å². The molecular weight excluding hydrogens is 359 g/mol. The van der Waals surface area contributed by atoms with Crippen LogP contribution in [0.25, 0.3) is 11.1 Å². The molecule has 0 saturated heterocycles. The normalized spacial score (nSPS) is 12.2. The van der Waals surface area contributed by atoms with Gasteiger partial charge in [-0.05, 0) is 31.0 Å². The molecule has 146 valence electrons. The molecule has 2 rings (SSSR count). The molecule has 0 N–H and O–H groups in total. The van der Waals surface area contributed by atoms with E-state index in [1.54, 1.807) is 37.3 Å². The van der Waals surface area contributed by atoms with E-state index in [4.69, 9.17) is 9.47 Å². The second-order valence-electron chi connectivity index (χ2n) is 6.05. The summed E-state index contributed by atoms with van der Waals surface area (Å²) in [5.74, 6) is -2.05. The van der Waals surface area contributed by atoms with Crippen LogP contribution < -0.4 is 0 Å². The van der Waals surface area contributed by atoms with Crippen molar-refractivity contribution in [2.45, 2.75) is 19.8 Å². The lowest BCUT2D eigenvalue weighted by molar-refractivity contribution is -0.150. The van der Waals surface area contributed by atoms with Gasteiger partial charge in [0.15, 0.2) is 0 Å². The summed E-state index contributed by atoms with van der Waals surface area (Å²) in [5, 5.41) is 0. The van der Waals surface area contributed by atoms with E-state index in [9.17, 15) is 14.0 Å². The SMILES string of the molecule is CC=CC=CC(=O)OCCOC(=O)C(C)c1ccc(-c2ccccc2)c(F)c1. The monoisotopic (exact) mass is 382 g/mol. The molecule has 28 heavy (non-hydrogen) atoms. The number of hydrogen-bond donors (Lipinski definition) is 0. The van der Waals surface area contributed by atoms with Crippen LogP contribution in [0.5, 0.6) is 0 Å². The van der Waals surface area contributed by atoms with Gasteiger partial charge in [-0.15, -0.1) is 0 Å². The van der Waals surface area contributed by atoms with Crippen LogP contribution in [0.15, 0.2) is 72.8 Å². The predicted octanol–water partition coefficient (Wildman–Crippen LogP) is 4.81. The third kappa shape index (κ3) is 6.20. The van der Waals surface area contributed by atoms with Gasteiger partial charge in [0.1, 0.15) is 19.0 Å². The Hall–Kier alpha value is -3.21. The van der Waals surface area contributed by atoms with E-state index in [2.05, 4.69) is 0 Å². The second kappa shape index (κ2) is 10.8. The summed E-state index contributed by atoms with van der Waals surface area (Å²) in [6.07, 6.45) is 6.32. The van der Waals surface area contributed by atoms with Crippen LogP contribution in [0.4, 0.5) is 4.39 Å². The van der Waals surface area contributed by atoms with Gasteiger partial charge in [-0.1, -0.05) is 60.7 Å². The summed E-state index contributed by atoms with van der Waals surface area (Å²) >= 11 is 0. The summed E-state index contributed by atoms with van der Waals surface area (Å²) in [6, 6.07) is 13.9. The van der Waals surface area contributed by atoms with Crippen LogP contribution in [0, 0.1) is 5.82 Å². The lowest BCUT2D eigenvalue weighted by atomic mass is 9.97. The van der Waals surface area contributed by atoms with Crippen LogP contribution in [0.1, 0.15) is 25.3 Å². The Balaban J connectivity index is 1.87. The van der Waals surface area contributed by atoms with Crippen molar-refractivity contribution in [3.63, 3.8) is 0 Å². The number of ether oxygens (including phenoxy) is 2. The number of esters is 2. The highest BCUT2D eigenvalue weighted by Gasteiger charge is 2.18. The van der Waals surface area contributed by atoms with Gasteiger partial charge in [-0.25, -0.2) is 9.18 Å². The van der Waals surface area contributed by atoms with E-state index in [1.165, 1.54) is 12.1 Å². The molecule has 1 unspecified atom stereocenters. The van der Waals surface area contributed by atoms with E-state index in [-0.39, 0.29) is 13.2 Å². The number of halogens is 1. The summed E-state index contributed by atoms with van der Waals surface area (Å²) in [6.45, 7) is 3.37. The number of carbonyl (C=O) groups excluding carboxylic acids is 2. The molecule has 0 radical (unpaired) electrons. The molecule has 0 saturated carbocycles. The van der Waals surface area contributed by atoms with Gasteiger partial charge in [0.05, 0.1) is 5.92 Å². The van der Waals surface area contributed by atoms with Crippen LogP contribution in [0.3, 0.4) is 0 Å². The molecule has 1 atom stereocenters. The van der Waals surface area contributed by atoms with Gasteiger partial charge in [0.2, 0.25) is 0 Å². The Morgan fingerprint density at radius 2 is 1.75 bits per heavy atom. The predicted molar refractivity (Wildman–Crippen MR) is 106 cm³/mol. The minimum absolute atomic E-state index is 0.0429. The molecule has 0 fully saturated rings. The summed E-state index contributed by atoms with van der Waals surface area (Å²) < 4.78 is 24.5. The molecule has 4 nitrogen and oxygen atoms in total. The van der Waals surface area contributed by atoms with Crippen LogP contribution in [-0.2, 0) is 19.1 Å². The minimum Gasteiger partial charge on any atom is -0.462 e. The molecule has 0 aromatic heterocycles. The topological polar surface area (TPSA) is 52.6 Å². The van der Waals surface area contributed by atoms with Gasteiger partial charge >= 0.3 is 11.9 Å². The molecule has 0 heterocycles. The summed E-state index contributed by atoms with van der Waals surface area (Å²) in [4.78, 5) is 23.5. The zero-order chi connectivity index (χ0) is 20.4. The smallest absolute Gasteiger partial charge is 0.330 e. The quantitative estimate of drug-likeness (QED) is 0.284. The molecule has 0 bridgehead atoms. The van der Waals surface area contributed by atoms with Gasteiger partial charge in [0, 0.05) is 11.6 Å². The van der Waals surface area contributed by atoms with Crippen LogP contribution in [-0.4, -0.2) is 25.2 Å². The fraction of sp³-hybridized carbons (Fsp3) is 0.217. The van der Waals surface area contributed by atoms with Crippen molar-refractivity contribution in [2.75, 3.05) is 13.2 Å². The van der Waals surface area contributed by atoms with E-state index in [1.807, 2.05) is 37.3 Å². The van der Waals surface area contributed by atoms with Crippen LogP contribution in [0.2, 0.25) is 0 Å². The molecule has 2 aromatic rings. The molecule has 0 amide bonds. The van der Waals surface area contributed by atoms with Crippen LogP contribution >= 0.6 is 0 Å². The Labute approximate surface area is 164 Å². The summed E-state index contributed by atoms with van der Waals surface area (Å²) in [5.41, 5.74) is 1.77. The first-order chi connectivity index (χ1) is 13.5. The van der Waals surface area contributed by atoms with Crippen molar-refractivity contribution in [3.8, 4) is 11.1 Å². The van der Waals surface area contributed by atoms with E-state index < -0.39 is 23.7 Å². The number of rotatable bonds is 8. The molecule has 0 spiro atoms. The standard InChI is InChI=1S/C23H23FO4/c1-3-4-6-11-22(25)27-14-15-28-23(26)17(2)19-12-13-20(21(24)16-19)18-9-7-5-8-10-18/h3-13,16-17H,14-15H2,1-2H3. The number of benzene rings is 2. The van der Waals surface area contributed by atoms with Crippen molar-refractivity contribution in [1.82, 2.24) is 0 Å². The lowest BCUT2D eigenvalue weighted by Gasteiger charge is -2.13. The number of allylic oxidation sites excluding steroid dienone is 3. The lowest BCUT2D eigenvalue weighted by Crippen LogP contribution is -2.17. The van der Waals surface area contributed by atoms with Crippen molar-refractivity contribution >= 4 is 11.9 Å². The van der Waals surface area contributed by atoms with Gasteiger partial charge in [-0.3, -0.25) is 4.79 Å². The summed E-state index contributed by atoms with van der Waals surface area (Å²) in [7, 11) is 0. The highest BCUT2D eigenvalue weighted by atomic mass is 19.1. The zero-order valence-electron chi connectivity index (χ0n) is 15.9. The third-order valence-electron chi connectivity index (χ3n) is 4.04. The number of hydrogen-bond acceptors (Lipinski definition) is 4. The van der Waals surface area contributed by atoms with Crippen molar-refractivity contribution in [1.29, 1.82) is 0 Å². The first-order valence-electron chi connectivity index (χ1n) is 9.00. The fourth-order valence-corrected chi connectivity index (χ4v) is 2.49. The Kier molecular flexibility index (Phi) is 8.15. The van der Waals surface area contributed by atoms with E-state index in [0.717, 1.165) is 5.56 Å². The van der Waals surface area contributed by atoms with Gasteiger partial charge < -0.3 is 9.47 Å². The Morgan fingerprint density at radius 3 is 2.43 bits per heavy atom. The van der Waals surface area contributed by atoms with Crippen molar-refractivity contribution < 1.29 is 23.5 Å². The molecule has 0 aliphatic heterocycles. The molecular formula is C23H23FO4. The fourth-order valence-electron chi connectivity index (χ4n) is 2.49. The highest BCUT2D eigenvalue weighted by molar-refractivity contribution is 5.82. The van der Waals surface area contributed by atoms with Crippen molar-refractivity contribution in [2.24, 2.45) is 0 Å². The largest absolute Gasteiger partial charge is 0.462 e. The average molecular weight is 382 g/mol. The van der Waals surface area contributed by atoms with Gasteiger partial charge in [0.25, 0.3) is 0 Å². The van der Waals surface area contributed by atoms with Crippen molar-refractivity contribution in [3.05, 3.63) is 84.2 Å². The first kappa shape index (κ1) is 21.1. The molecule has 5 heteroatoms. The van der Waals surface area contributed by atoms with E-state index >= 15 is 0 Å². The third-order valence-corrected chi connectivity index (χ3v) is 4.04. The first-order valence-corrected chi connectivity index (χ1v) is 9.00. The average Bonchev–Trinajstić information content (AvgIpc) is 2.71. The highest BCUT2D eigenvalue weighted by Crippen LogP contribution is 2.26. The minimum atomic E-state index is -0.635. The maximum atomic E-state index is 14.5. The molecule has 2 aromatic carbocycles. The number of carbonyl (C=O) groups is 2. The zero-order valence-corrected chi connectivity index (χ0v) is 15.9. The maximum absolute atomic E-state index is 14.5. The second-order valence-corrected chi connectivity index (χ2v) is 6.05. The maximum Gasteiger partial charge on any atom is 0.330 e. The van der Waals surface area contributed by atoms with Gasteiger partial charge in [-0.2, -0.15) is 0 Å².